The zero-order valence-corrected chi connectivity index (χ0v) is 12.2. The number of hydrogen-bond donors (Lipinski definition) is 3. The Morgan fingerprint density at radius 1 is 1.35 bits per heavy atom. The molecule has 0 bridgehead atoms. The Hall–Kier alpha value is -0.930. The minimum absolute atomic E-state index is 0.0126. The van der Waals surface area contributed by atoms with Crippen molar-refractivity contribution in [3.05, 3.63) is 17.9 Å². The summed E-state index contributed by atoms with van der Waals surface area (Å²) in [5.74, 6) is 0.512. The van der Waals surface area contributed by atoms with Gasteiger partial charge < -0.3 is 19.6 Å². The first-order valence-electron chi connectivity index (χ1n) is 6.47. The highest BCUT2D eigenvalue weighted by Crippen LogP contribution is 2.21. The molecule has 1 aliphatic heterocycles. The molecule has 7 nitrogen and oxygen atoms in total. The molecule has 1 saturated heterocycles. The van der Waals surface area contributed by atoms with Gasteiger partial charge in [-0.3, -0.25) is 0 Å². The molecule has 0 aliphatic carbocycles. The van der Waals surface area contributed by atoms with Crippen molar-refractivity contribution in [2.24, 2.45) is 0 Å². The van der Waals surface area contributed by atoms with Gasteiger partial charge in [-0.1, -0.05) is 0 Å². The van der Waals surface area contributed by atoms with Crippen LogP contribution < -0.4 is 10.0 Å². The molecule has 2 heterocycles. The summed E-state index contributed by atoms with van der Waals surface area (Å²) in [7, 11) is -2.22. The Balaban J connectivity index is 2.00. The highest BCUT2D eigenvalue weighted by Gasteiger charge is 2.31. The van der Waals surface area contributed by atoms with Gasteiger partial charge in [0.25, 0.3) is 10.0 Å². The summed E-state index contributed by atoms with van der Waals surface area (Å²) in [6.07, 6.45) is 1.43. The van der Waals surface area contributed by atoms with Crippen molar-refractivity contribution in [1.29, 1.82) is 0 Å². The van der Waals surface area contributed by atoms with Gasteiger partial charge in [0.15, 0.2) is 0 Å². The third kappa shape index (κ3) is 3.39. The van der Waals surface area contributed by atoms with Crippen molar-refractivity contribution >= 4 is 10.0 Å². The van der Waals surface area contributed by atoms with Gasteiger partial charge in [0.2, 0.25) is 5.09 Å². The molecule has 0 unspecified atom stereocenters. The van der Waals surface area contributed by atoms with E-state index in [1.54, 1.807) is 6.07 Å². The zero-order chi connectivity index (χ0) is 14.6. The summed E-state index contributed by atoms with van der Waals surface area (Å²) in [6, 6.07) is 3.03. The topological polar surface area (TPSA) is 101 Å². The zero-order valence-electron chi connectivity index (χ0n) is 11.4. The minimum atomic E-state index is -3.56. The number of sulfonamides is 1. The van der Waals surface area contributed by atoms with Crippen LogP contribution >= 0.6 is 0 Å². The summed E-state index contributed by atoms with van der Waals surface area (Å²) in [5, 5.41) is 12.7. The predicted octanol–water partition coefficient (Wildman–Crippen LogP) is -0.181. The second-order valence-electron chi connectivity index (χ2n) is 4.83. The highest BCUT2D eigenvalue weighted by atomic mass is 32.2. The summed E-state index contributed by atoms with van der Waals surface area (Å²) in [6.45, 7) is 1.58. The second kappa shape index (κ2) is 6.23. The van der Waals surface area contributed by atoms with Crippen LogP contribution in [0.15, 0.2) is 21.6 Å². The van der Waals surface area contributed by atoms with Crippen molar-refractivity contribution in [3.8, 4) is 0 Å². The van der Waals surface area contributed by atoms with Crippen LogP contribution in [-0.4, -0.2) is 45.9 Å². The van der Waals surface area contributed by atoms with E-state index in [-0.39, 0.29) is 17.2 Å². The second-order valence-corrected chi connectivity index (χ2v) is 6.65. The Labute approximate surface area is 118 Å². The summed E-state index contributed by atoms with van der Waals surface area (Å²) in [4.78, 5) is 0. The summed E-state index contributed by atoms with van der Waals surface area (Å²) >= 11 is 0. The SMILES string of the molecule is CNS(=O)(=O)c1ccc(CNC2(CO)CCOCC2)o1. The summed E-state index contributed by atoms with van der Waals surface area (Å²) in [5.41, 5.74) is -0.382. The molecule has 1 aromatic heterocycles. The van der Waals surface area contributed by atoms with Gasteiger partial charge in [-0.05, 0) is 32.0 Å². The Morgan fingerprint density at radius 3 is 2.65 bits per heavy atom. The van der Waals surface area contributed by atoms with Crippen LogP contribution in [0.3, 0.4) is 0 Å². The fourth-order valence-corrected chi connectivity index (χ4v) is 2.79. The molecule has 1 fully saturated rings. The van der Waals surface area contributed by atoms with Crippen molar-refractivity contribution in [2.75, 3.05) is 26.9 Å². The molecule has 0 amide bonds. The number of nitrogens with one attached hydrogen (secondary N) is 2. The molecule has 1 aliphatic rings. The van der Waals surface area contributed by atoms with Gasteiger partial charge in [0, 0.05) is 18.8 Å². The molecule has 2 rings (SSSR count). The van der Waals surface area contributed by atoms with Gasteiger partial charge >= 0.3 is 0 Å². The largest absolute Gasteiger partial charge is 0.447 e. The average Bonchev–Trinajstić information content (AvgIpc) is 2.96. The first-order chi connectivity index (χ1) is 9.51. The third-order valence-corrected chi connectivity index (χ3v) is 4.85. The lowest BCUT2D eigenvalue weighted by atomic mass is 9.91. The van der Waals surface area contributed by atoms with Crippen LogP contribution in [0.1, 0.15) is 18.6 Å². The van der Waals surface area contributed by atoms with Crippen molar-refractivity contribution in [1.82, 2.24) is 10.0 Å². The quantitative estimate of drug-likeness (QED) is 0.674. The number of hydrogen-bond acceptors (Lipinski definition) is 6. The van der Waals surface area contributed by atoms with E-state index in [1.165, 1.54) is 13.1 Å². The van der Waals surface area contributed by atoms with Crippen LogP contribution in [0.4, 0.5) is 0 Å². The van der Waals surface area contributed by atoms with E-state index >= 15 is 0 Å². The van der Waals surface area contributed by atoms with E-state index in [4.69, 9.17) is 9.15 Å². The van der Waals surface area contributed by atoms with E-state index < -0.39 is 10.0 Å². The maximum absolute atomic E-state index is 11.6. The minimum Gasteiger partial charge on any atom is -0.447 e. The Bertz CT molecular complexity index is 534. The lowest BCUT2D eigenvalue weighted by Gasteiger charge is -2.36. The van der Waals surface area contributed by atoms with Crippen LogP contribution in [0.2, 0.25) is 0 Å². The first-order valence-corrected chi connectivity index (χ1v) is 7.96. The molecular formula is C12H20N2O5S. The molecule has 114 valence electrons. The molecule has 1 aromatic rings. The van der Waals surface area contributed by atoms with E-state index in [0.29, 0.717) is 38.4 Å². The molecule has 8 heteroatoms. The molecule has 0 atom stereocenters. The first kappa shape index (κ1) is 15.5. The molecule has 0 radical (unpaired) electrons. The lowest BCUT2D eigenvalue weighted by molar-refractivity contribution is 0.0103. The molecule has 0 spiro atoms. The molecule has 3 N–H and O–H groups in total. The smallest absolute Gasteiger partial charge is 0.273 e. The number of furan rings is 1. The van der Waals surface area contributed by atoms with E-state index in [9.17, 15) is 13.5 Å². The molecule has 0 aromatic carbocycles. The van der Waals surface area contributed by atoms with E-state index in [0.717, 1.165) is 0 Å². The fraction of sp³-hybridized carbons (Fsp3) is 0.667. The van der Waals surface area contributed by atoms with Crippen LogP contribution in [0.5, 0.6) is 0 Å². The number of rotatable bonds is 6. The Kier molecular flexibility index (Phi) is 4.82. The van der Waals surface area contributed by atoms with Crippen molar-refractivity contribution in [3.63, 3.8) is 0 Å². The van der Waals surface area contributed by atoms with Crippen molar-refractivity contribution in [2.45, 2.75) is 30.0 Å². The monoisotopic (exact) mass is 304 g/mol. The maximum atomic E-state index is 11.6. The Morgan fingerprint density at radius 2 is 2.05 bits per heavy atom. The van der Waals surface area contributed by atoms with Crippen molar-refractivity contribution < 1.29 is 22.7 Å². The van der Waals surface area contributed by atoms with Crippen LogP contribution in [0, 0.1) is 0 Å². The molecular weight excluding hydrogens is 284 g/mol. The van der Waals surface area contributed by atoms with Crippen LogP contribution in [-0.2, 0) is 21.3 Å². The standard InChI is InChI=1S/C12H20N2O5S/c1-13-20(16,17)11-3-2-10(19-11)8-14-12(9-15)4-6-18-7-5-12/h2-3,13-15H,4-9H2,1H3. The molecule has 0 saturated carbocycles. The number of ether oxygens (including phenoxy) is 1. The highest BCUT2D eigenvalue weighted by molar-refractivity contribution is 7.89. The van der Waals surface area contributed by atoms with Gasteiger partial charge in [-0.2, -0.15) is 0 Å². The molecule has 20 heavy (non-hydrogen) atoms. The van der Waals surface area contributed by atoms with Crippen LogP contribution in [0.25, 0.3) is 0 Å². The lowest BCUT2D eigenvalue weighted by Crippen LogP contribution is -2.51. The van der Waals surface area contributed by atoms with Gasteiger partial charge in [0.05, 0.1) is 13.2 Å². The average molecular weight is 304 g/mol. The number of aliphatic hydroxyl groups excluding tert-OH is 1. The fourth-order valence-electron chi connectivity index (χ4n) is 2.13. The predicted molar refractivity (Wildman–Crippen MR) is 71.7 cm³/mol. The van der Waals surface area contributed by atoms with Gasteiger partial charge in [0.1, 0.15) is 5.76 Å². The normalized spacial score (nSPS) is 19.1. The van der Waals surface area contributed by atoms with E-state index in [1.807, 2.05) is 0 Å². The summed E-state index contributed by atoms with van der Waals surface area (Å²) < 4.78 is 35.9. The van der Waals surface area contributed by atoms with Gasteiger partial charge in [-0.25, -0.2) is 13.1 Å². The maximum Gasteiger partial charge on any atom is 0.273 e. The third-order valence-electron chi connectivity index (χ3n) is 3.56. The number of aliphatic hydroxyl groups is 1. The van der Waals surface area contributed by atoms with E-state index in [2.05, 4.69) is 10.0 Å². The van der Waals surface area contributed by atoms with Gasteiger partial charge in [-0.15, -0.1) is 0 Å².